The molecular formula is C24H30F3N3O2. The third-order valence-electron chi connectivity index (χ3n) is 4.37. The average molecular weight is 450 g/mol. The molecule has 0 fully saturated rings. The molecule has 0 saturated heterocycles. The molecule has 5 nitrogen and oxygen atoms in total. The Balaban J connectivity index is 0.00000129. The molecule has 0 bridgehead atoms. The molecule has 1 aromatic heterocycles. The van der Waals surface area contributed by atoms with Crippen molar-refractivity contribution < 1.29 is 24.1 Å². The summed E-state index contributed by atoms with van der Waals surface area (Å²) in [5.74, 6) is -0.388. The summed E-state index contributed by atoms with van der Waals surface area (Å²) in [6, 6.07) is 12.3. The van der Waals surface area contributed by atoms with E-state index in [4.69, 9.17) is 4.74 Å². The van der Waals surface area contributed by atoms with Crippen molar-refractivity contribution in [3.63, 3.8) is 0 Å². The van der Waals surface area contributed by atoms with Gasteiger partial charge in [-0.3, -0.25) is 9.48 Å². The van der Waals surface area contributed by atoms with Crippen molar-refractivity contribution >= 4 is 17.3 Å². The van der Waals surface area contributed by atoms with Crippen LogP contribution in [0.5, 0.6) is 0 Å². The van der Waals surface area contributed by atoms with Gasteiger partial charge in [0.2, 0.25) is 0 Å². The lowest BCUT2D eigenvalue weighted by Crippen LogP contribution is -2.15. The van der Waals surface area contributed by atoms with Crippen LogP contribution in [0.25, 0.3) is 11.1 Å². The maximum absolute atomic E-state index is 13.0. The Morgan fingerprint density at radius 1 is 1.09 bits per heavy atom. The third kappa shape index (κ3) is 6.60. The Morgan fingerprint density at radius 2 is 1.78 bits per heavy atom. The largest absolute Gasteiger partial charge is 0.465 e. The van der Waals surface area contributed by atoms with Crippen molar-refractivity contribution in [3.05, 3.63) is 66.0 Å². The molecule has 3 aromatic rings. The Morgan fingerprint density at radius 3 is 2.44 bits per heavy atom. The van der Waals surface area contributed by atoms with Crippen molar-refractivity contribution in [2.75, 3.05) is 11.9 Å². The fraction of sp³-hybridized carbons (Fsp3) is 0.333. The zero-order valence-electron chi connectivity index (χ0n) is 18.7. The van der Waals surface area contributed by atoms with E-state index in [0.717, 1.165) is 29.0 Å². The summed E-state index contributed by atoms with van der Waals surface area (Å²) >= 11 is 0. The number of carbonyl (C=O) groups is 1. The van der Waals surface area contributed by atoms with Crippen LogP contribution >= 0.6 is 0 Å². The van der Waals surface area contributed by atoms with E-state index in [0.29, 0.717) is 11.4 Å². The number of ether oxygens (including phenoxy) is 1. The second-order valence-corrected chi connectivity index (χ2v) is 7.06. The number of anilines is 2. The number of rotatable bonds is 6. The van der Waals surface area contributed by atoms with E-state index in [2.05, 4.69) is 24.3 Å². The molecule has 0 radical (unpaired) electrons. The zero-order chi connectivity index (χ0) is 23.7. The van der Waals surface area contributed by atoms with Gasteiger partial charge in [0.1, 0.15) is 6.54 Å². The van der Waals surface area contributed by atoms with Gasteiger partial charge < -0.3 is 10.1 Å². The molecule has 8 heteroatoms. The van der Waals surface area contributed by atoms with Crippen LogP contribution < -0.4 is 5.32 Å². The summed E-state index contributed by atoms with van der Waals surface area (Å²) in [7, 11) is 0. The summed E-state index contributed by atoms with van der Waals surface area (Å²) in [5, 5.41) is 7.30. The highest BCUT2D eigenvalue weighted by Gasteiger charge is 2.30. The fourth-order valence-corrected chi connectivity index (χ4v) is 2.96. The van der Waals surface area contributed by atoms with Crippen molar-refractivity contribution in [1.29, 1.82) is 0 Å². The second-order valence-electron chi connectivity index (χ2n) is 7.06. The molecule has 3 rings (SSSR count). The van der Waals surface area contributed by atoms with Gasteiger partial charge in [-0.05, 0) is 38.1 Å². The monoisotopic (exact) mass is 449 g/mol. The highest BCUT2D eigenvalue weighted by atomic mass is 19.4. The van der Waals surface area contributed by atoms with E-state index < -0.39 is 11.7 Å². The Bertz CT molecular complexity index is 1040. The first kappa shape index (κ1) is 25.0. The van der Waals surface area contributed by atoms with Gasteiger partial charge in [-0.15, -0.1) is 0 Å². The van der Waals surface area contributed by atoms with Gasteiger partial charge in [0.05, 0.1) is 18.4 Å². The number of benzene rings is 2. The van der Waals surface area contributed by atoms with Crippen LogP contribution in [0.2, 0.25) is 0 Å². The number of para-hydroxylation sites is 1. The molecule has 0 aliphatic rings. The number of nitrogens with one attached hydrogen (secondary N) is 1. The SMILES string of the molecule is CCC.CCOC(=O)Cn1ncc(-c2ccccc2Nc2cccc(C(F)(F)F)c2)c1C.[HH]. The maximum Gasteiger partial charge on any atom is 0.416 e. The van der Waals surface area contributed by atoms with Gasteiger partial charge in [-0.25, -0.2) is 0 Å². The van der Waals surface area contributed by atoms with Crippen LogP contribution in [-0.4, -0.2) is 22.4 Å². The first-order chi connectivity index (χ1) is 15.2. The predicted molar refractivity (Wildman–Crippen MR) is 122 cm³/mol. The molecule has 0 aliphatic heterocycles. The number of esters is 1. The number of carbonyl (C=O) groups excluding carboxylic acids is 1. The molecule has 0 saturated carbocycles. The van der Waals surface area contributed by atoms with E-state index >= 15 is 0 Å². The van der Waals surface area contributed by atoms with Gasteiger partial charge in [0.15, 0.2) is 0 Å². The van der Waals surface area contributed by atoms with Crippen molar-refractivity contribution in [3.8, 4) is 11.1 Å². The van der Waals surface area contributed by atoms with Gasteiger partial charge in [-0.2, -0.15) is 18.3 Å². The molecule has 0 spiro atoms. The maximum atomic E-state index is 13.0. The fourth-order valence-electron chi connectivity index (χ4n) is 2.96. The smallest absolute Gasteiger partial charge is 0.416 e. The van der Waals surface area contributed by atoms with Crippen LogP contribution in [0, 0.1) is 6.92 Å². The molecule has 174 valence electrons. The molecule has 0 amide bonds. The zero-order valence-corrected chi connectivity index (χ0v) is 18.7. The molecule has 2 aromatic carbocycles. The summed E-state index contributed by atoms with van der Waals surface area (Å²) < 4.78 is 45.5. The van der Waals surface area contributed by atoms with Crippen LogP contribution in [0.3, 0.4) is 0 Å². The van der Waals surface area contributed by atoms with Gasteiger partial charge >= 0.3 is 12.1 Å². The lowest BCUT2D eigenvalue weighted by Gasteiger charge is -2.14. The standard InChI is InChI=1S/C21H20F3N3O2.C3H8.H2/c1-3-29-20(28)13-27-14(2)18(12-25-27)17-9-4-5-10-19(17)26-16-8-6-7-15(11-16)21(22,23)24;1-3-2;/h4-12,26H,3,13H2,1-2H3;3H2,1-2H3;1H. The van der Waals surface area contributed by atoms with E-state index in [-0.39, 0.29) is 20.5 Å². The summed E-state index contributed by atoms with van der Waals surface area (Å²) in [6.45, 7) is 8.08. The van der Waals surface area contributed by atoms with Crippen molar-refractivity contribution in [2.45, 2.75) is 46.8 Å². The van der Waals surface area contributed by atoms with E-state index in [1.807, 2.05) is 19.1 Å². The van der Waals surface area contributed by atoms with Crippen molar-refractivity contribution in [2.24, 2.45) is 0 Å². The third-order valence-corrected chi connectivity index (χ3v) is 4.37. The molecule has 1 heterocycles. The highest BCUT2D eigenvalue weighted by molar-refractivity contribution is 5.82. The average Bonchev–Trinajstić information content (AvgIpc) is 3.09. The first-order valence-corrected chi connectivity index (χ1v) is 10.4. The van der Waals surface area contributed by atoms with Gasteiger partial charge in [-0.1, -0.05) is 44.5 Å². The minimum absolute atomic E-state index is 0. The molecule has 32 heavy (non-hydrogen) atoms. The second kappa shape index (κ2) is 11.4. The van der Waals surface area contributed by atoms with Crippen LogP contribution in [0.4, 0.5) is 24.5 Å². The molecule has 1 N–H and O–H groups in total. The minimum atomic E-state index is -4.41. The van der Waals surface area contributed by atoms with E-state index in [1.165, 1.54) is 17.2 Å². The number of hydrogen-bond acceptors (Lipinski definition) is 4. The Labute approximate surface area is 187 Å². The lowest BCUT2D eigenvalue weighted by atomic mass is 10.0. The van der Waals surface area contributed by atoms with Crippen LogP contribution in [0.15, 0.2) is 54.7 Å². The summed E-state index contributed by atoms with van der Waals surface area (Å²) in [4.78, 5) is 11.7. The van der Waals surface area contributed by atoms with Crippen LogP contribution in [0.1, 0.15) is 39.9 Å². The number of halogens is 3. The number of nitrogens with zero attached hydrogens (tertiary/aromatic N) is 2. The van der Waals surface area contributed by atoms with E-state index in [9.17, 15) is 18.0 Å². The summed E-state index contributed by atoms with van der Waals surface area (Å²) in [5.41, 5.74) is 2.51. The molecule has 0 atom stereocenters. The minimum Gasteiger partial charge on any atom is -0.465 e. The first-order valence-electron chi connectivity index (χ1n) is 10.4. The normalized spacial score (nSPS) is 10.8. The molecule has 0 unspecified atom stereocenters. The van der Waals surface area contributed by atoms with Gasteiger partial charge in [0.25, 0.3) is 0 Å². The van der Waals surface area contributed by atoms with Gasteiger partial charge in [0, 0.05) is 29.6 Å². The lowest BCUT2D eigenvalue weighted by molar-refractivity contribution is -0.144. The molecular weight excluding hydrogens is 419 g/mol. The molecule has 0 aliphatic carbocycles. The Hall–Kier alpha value is -3.29. The quantitative estimate of drug-likeness (QED) is 0.418. The number of aromatic nitrogens is 2. The van der Waals surface area contributed by atoms with E-state index in [1.54, 1.807) is 31.3 Å². The van der Waals surface area contributed by atoms with Crippen molar-refractivity contribution in [1.82, 2.24) is 9.78 Å². The predicted octanol–water partition coefficient (Wildman–Crippen LogP) is 6.85. The topological polar surface area (TPSA) is 56.2 Å². The highest BCUT2D eigenvalue weighted by Crippen LogP contribution is 2.34. The number of hydrogen-bond donors (Lipinski definition) is 1. The summed E-state index contributed by atoms with van der Waals surface area (Å²) in [6.07, 6.45) is -1.54. The number of alkyl halides is 3. The Kier molecular flexibility index (Phi) is 8.87. The van der Waals surface area contributed by atoms with Crippen LogP contribution in [-0.2, 0) is 22.3 Å².